The number of nitrogens with one attached hydrogen (secondary N) is 1. The van der Waals surface area contributed by atoms with Gasteiger partial charge in [-0.2, -0.15) is 4.98 Å². The average molecular weight is 578 g/mol. The molecule has 6 rings (SSSR count). The van der Waals surface area contributed by atoms with E-state index in [1.165, 1.54) is 18.1 Å². The molecule has 3 aromatic carbocycles. The maximum absolute atomic E-state index is 15.5. The summed E-state index contributed by atoms with van der Waals surface area (Å²) in [6, 6.07) is 16.5. The number of methoxy groups -OCH3 is 1. The van der Waals surface area contributed by atoms with Gasteiger partial charge < -0.3 is 24.1 Å². The summed E-state index contributed by atoms with van der Waals surface area (Å²) >= 11 is 0. The minimum absolute atomic E-state index is 0.0460. The van der Waals surface area contributed by atoms with E-state index in [4.69, 9.17) is 13.9 Å². The quantitative estimate of drug-likeness (QED) is 0.253. The SMILES string of the molecule is COC(=O)C1CCC(OC[C@@H]2C[C@H](F)CN2C(=O)Cc2ccc3nc(Nc4cccc5ccccc45)oc3c2F)CC1. The second kappa shape index (κ2) is 12.1. The van der Waals surface area contributed by atoms with Crippen molar-refractivity contribution in [2.45, 2.75) is 56.8 Å². The third-order valence-electron chi connectivity index (χ3n) is 8.37. The van der Waals surface area contributed by atoms with Gasteiger partial charge in [-0.25, -0.2) is 8.78 Å². The average Bonchev–Trinajstić information content (AvgIpc) is 3.60. The van der Waals surface area contributed by atoms with Crippen LogP contribution in [0.2, 0.25) is 0 Å². The van der Waals surface area contributed by atoms with E-state index >= 15 is 4.39 Å². The first-order chi connectivity index (χ1) is 20.4. The summed E-state index contributed by atoms with van der Waals surface area (Å²) in [5.74, 6) is -1.35. The van der Waals surface area contributed by atoms with Crippen LogP contribution in [0.1, 0.15) is 37.7 Å². The molecule has 10 heteroatoms. The first kappa shape index (κ1) is 28.1. The van der Waals surface area contributed by atoms with Gasteiger partial charge in [-0.3, -0.25) is 9.59 Å². The van der Waals surface area contributed by atoms with Crippen LogP contribution in [0.4, 0.5) is 20.5 Å². The molecule has 1 aromatic heterocycles. The highest BCUT2D eigenvalue weighted by molar-refractivity contribution is 5.95. The summed E-state index contributed by atoms with van der Waals surface area (Å²) in [4.78, 5) is 30.9. The number of carbonyl (C=O) groups is 2. The number of rotatable bonds is 8. The Morgan fingerprint density at radius 1 is 1.07 bits per heavy atom. The van der Waals surface area contributed by atoms with E-state index in [0.29, 0.717) is 31.2 Å². The van der Waals surface area contributed by atoms with Crippen LogP contribution in [0, 0.1) is 11.7 Å². The molecule has 1 saturated carbocycles. The number of anilines is 2. The van der Waals surface area contributed by atoms with Gasteiger partial charge in [0.15, 0.2) is 11.4 Å². The molecule has 1 N–H and O–H groups in total. The Hall–Kier alpha value is -4.05. The number of esters is 1. The molecule has 0 radical (unpaired) electrons. The molecule has 8 nitrogen and oxygen atoms in total. The number of alkyl halides is 1. The van der Waals surface area contributed by atoms with Crippen molar-refractivity contribution in [2.75, 3.05) is 25.6 Å². The number of nitrogens with zero attached hydrogens (tertiary/aromatic N) is 2. The lowest BCUT2D eigenvalue weighted by molar-refractivity contribution is -0.148. The van der Waals surface area contributed by atoms with E-state index in [9.17, 15) is 14.0 Å². The molecule has 2 atom stereocenters. The van der Waals surface area contributed by atoms with Crippen molar-refractivity contribution in [1.82, 2.24) is 9.88 Å². The molecule has 2 aliphatic rings. The maximum Gasteiger partial charge on any atom is 0.308 e. The van der Waals surface area contributed by atoms with Crippen LogP contribution in [0.5, 0.6) is 0 Å². The van der Waals surface area contributed by atoms with Gasteiger partial charge in [0.2, 0.25) is 5.91 Å². The zero-order valence-electron chi connectivity index (χ0n) is 23.4. The summed E-state index contributed by atoms with van der Waals surface area (Å²) in [5.41, 5.74) is 1.21. The molecule has 42 heavy (non-hydrogen) atoms. The normalized spacial score (nSPS) is 22.5. The van der Waals surface area contributed by atoms with E-state index in [-0.39, 0.29) is 67.1 Å². The number of amides is 1. The molecule has 4 aromatic rings. The fraction of sp³-hybridized carbons (Fsp3) is 0.406. The highest BCUT2D eigenvalue weighted by Crippen LogP contribution is 2.31. The van der Waals surface area contributed by atoms with Gasteiger partial charge in [-0.1, -0.05) is 42.5 Å². The number of likely N-dealkylation sites (tertiary alicyclic amines) is 1. The lowest BCUT2D eigenvalue weighted by Crippen LogP contribution is -2.40. The summed E-state index contributed by atoms with van der Waals surface area (Å²) in [6.07, 6.45) is 1.50. The van der Waals surface area contributed by atoms with Gasteiger partial charge in [0.05, 0.1) is 50.4 Å². The Balaban J connectivity index is 1.11. The van der Waals surface area contributed by atoms with Gasteiger partial charge in [-0.15, -0.1) is 0 Å². The van der Waals surface area contributed by atoms with Gasteiger partial charge in [0.1, 0.15) is 11.7 Å². The minimum atomic E-state index is -1.16. The number of carbonyl (C=O) groups excluding carboxylic acids is 2. The second-order valence-corrected chi connectivity index (χ2v) is 11.1. The largest absolute Gasteiger partial charge is 0.469 e. The highest BCUT2D eigenvalue weighted by Gasteiger charge is 2.37. The van der Waals surface area contributed by atoms with Crippen molar-refractivity contribution >= 4 is 45.5 Å². The van der Waals surface area contributed by atoms with E-state index in [2.05, 4.69) is 10.3 Å². The van der Waals surface area contributed by atoms with Crippen LogP contribution < -0.4 is 5.32 Å². The van der Waals surface area contributed by atoms with Gasteiger partial charge in [-0.05, 0) is 43.2 Å². The van der Waals surface area contributed by atoms with E-state index in [1.54, 1.807) is 6.07 Å². The Bertz CT molecular complexity index is 1590. The van der Waals surface area contributed by atoms with Crippen molar-refractivity contribution in [3.8, 4) is 0 Å². The zero-order chi connectivity index (χ0) is 29.2. The lowest BCUT2D eigenvalue weighted by atomic mass is 9.87. The predicted octanol–water partition coefficient (Wildman–Crippen LogP) is 6.09. The fourth-order valence-corrected chi connectivity index (χ4v) is 6.11. The first-order valence-electron chi connectivity index (χ1n) is 14.3. The fourth-order valence-electron chi connectivity index (χ4n) is 6.11. The number of hydrogen-bond acceptors (Lipinski definition) is 7. The molecule has 1 amide bonds. The van der Waals surface area contributed by atoms with Crippen molar-refractivity contribution in [3.05, 3.63) is 66.0 Å². The van der Waals surface area contributed by atoms with E-state index < -0.39 is 18.0 Å². The van der Waals surface area contributed by atoms with Crippen LogP contribution in [0.3, 0.4) is 0 Å². The number of ether oxygens (including phenoxy) is 2. The number of oxazole rings is 1. The van der Waals surface area contributed by atoms with Gasteiger partial charge in [0, 0.05) is 17.4 Å². The van der Waals surface area contributed by atoms with E-state index in [0.717, 1.165) is 16.5 Å². The summed E-state index contributed by atoms with van der Waals surface area (Å²) in [5, 5.41) is 5.14. The number of hydrogen-bond donors (Lipinski definition) is 1. The number of fused-ring (bicyclic) bond motifs is 2. The highest BCUT2D eigenvalue weighted by atomic mass is 19.1. The van der Waals surface area contributed by atoms with Crippen LogP contribution in [-0.2, 0) is 25.5 Å². The van der Waals surface area contributed by atoms with Crippen LogP contribution in [-0.4, -0.2) is 60.3 Å². The summed E-state index contributed by atoms with van der Waals surface area (Å²) in [6.45, 7) is 0.153. The molecule has 2 heterocycles. The summed E-state index contributed by atoms with van der Waals surface area (Å²) < 4.78 is 46.6. The number of benzene rings is 3. The smallest absolute Gasteiger partial charge is 0.308 e. The minimum Gasteiger partial charge on any atom is -0.469 e. The van der Waals surface area contributed by atoms with Gasteiger partial charge in [0.25, 0.3) is 6.01 Å². The third-order valence-corrected chi connectivity index (χ3v) is 8.37. The molecule has 1 aliphatic carbocycles. The Morgan fingerprint density at radius 2 is 1.86 bits per heavy atom. The molecule has 0 bridgehead atoms. The molecule has 1 aliphatic heterocycles. The molecular weight excluding hydrogens is 544 g/mol. The number of aromatic nitrogens is 1. The Kier molecular flexibility index (Phi) is 8.06. The van der Waals surface area contributed by atoms with Crippen molar-refractivity contribution in [2.24, 2.45) is 5.92 Å². The van der Waals surface area contributed by atoms with Gasteiger partial charge >= 0.3 is 5.97 Å². The topological polar surface area (TPSA) is 93.9 Å². The van der Waals surface area contributed by atoms with Crippen LogP contribution in [0.25, 0.3) is 21.9 Å². The Labute approximate surface area is 242 Å². The zero-order valence-corrected chi connectivity index (χ0v) is 23.4. The number of halogens is 2. The maximum atomic E-state index is 15.5. The molecule has 0 spiro atoms. The predicted molar refractivity (Wildman–Crippen MR) is 154 cm³/mol. The third kappa shape index (κ3) is 5.81. The van der Waals surface area contributed by atoms with Crippen molar-refractivity contribution in [3.63, 3.8) is 0 Å². The first-order valence-corrected chi connectivity index (χ1v) is 14.3. The molecule has 2 fully saturated rings. The van der Waals surface area contributed by atoms with E-state index in [1.807, 2.05) is 42.5 Å². The molecular formula is C32H33F2N3O5. The summed E-state index contributed by atoms with van der Waals surface area (Å²) in [7, 11) is 1.39. The van der Waals surface area contributed by atoms with Crippen molar-refractivity contribution in [1.29, 1.82) is 0 Å². The lowest BCUT2D eigenvalue weighted by Gasteiger charge is -2.30. The monoisotopic (exact) mass is 577 g/mol. The van der Waals surface area contributed by atoms with Crippen molar-refractivity contribution < 1.29 is 32.3 Å². The molecule has 0 unspecified atom stereocenters. The molecule has 1 saturated heterocycles. The Morgan fingerprint density at radius 3 is 2.67 bits per heavy atom. The standard InChI is InChI=1S/C32H33F2N3O5/c1-40-31(39)20-9-12-24(13-10-20)41-18-23-16-22(33)17-37(23)28(38)15-21-11-14-27-30(29(21)34)42-32(36-27)35-26-8-4-6-19-5-2-3-7-25(19)26/h2-8,11,14,20,22-24H,9-10,12-13,15-18H2,1H3,(H,35,36)/t20?,22-,23-,24?/m0/s1. The second-order valence-electron chi connectivity index (χ2n) is 11.1. The van der Waals surface area contributed by atoms with Crippen LogP contribution >= 0.6 is 0 Å². The van der Waals surface area contributed by atoms with Crippen LogP contribution in [0.15, 0.2) is 59.0 Å². The molecule has 220 valence electrons.